The number of nitrogens with two attached hydrogens (primary N) is 1. The maximum atomic E-state index is 12.7. The molecule has 1 saturated heterocycles. The first-order chi connectivity index (χ1) is 17.0. The van der Waals surface area contributed by atoms with E-state index < -0.39 is 0 Å². The Kier molecular flexibility index (Phi) is 6.42. The van der Waals surface area contributed by atoms with Crippen molar-refractivity contribution in [2.75, 3.05) is 39.5 Å². The Morgan fingerprint density at radius 3 is 2.71 bits per heavy atom. The Morgan fingerprint density at radius 1 is 1.23 bits per heavy atom. The monoisotopic (exact) mass is 475 g/mol. The minimum absolute atomic E-state index is 0.0805. The molecule has 5 rings (SSSR count). The molecule has 0 spiro atoms. The second kappa shape index (κ2) is 9.65. The minimum Gasteiger partial charge on any atom is -0.496 e. The molecule has 2 N–H and O–H groups in total. The molecule has 0 unspecified atom stereocenters. The van der Waals surface area contributed by atoms with Crippen molar-refractivity contribution in [2.45, 2.75) is 44.7 Å². The van der Waals surface area contributed by atoms with E-state index in [1.807, 2.05) is 40.8 Å². The van der Waals surface area contributed by atoms with E-state index >= 15 is 0 Å². The van der Waals surface area contributed by atoms with Crippen LogP contribution in [0.3, 0.4) is 0 Å². The highest BCUT2D eigenvalue weighted by atomic mass is 16.5. The van der Waals surface area contributed by atoms with Crippen LogP contribution in [0.25, 0.3) is 22.3 Å². The number of carbonyl (C=O) groups excluding carboxylic acids is 1. The molecule has 35 heavy (non-hydrogen) atoms. The van der Waals surface area contributed by atoms with E-state index in [0.717, 1.165) is 53.0 Å². The standard InChI is InChI=1S/C26H33N7O2/c1-17-6-7-18(15-21(17)35-3)24-23-25(27)28-16-29-26(23)33(30-24)20-10-13-32(14-11-20)22(34)5-4-12-31(2)19-8-9-19/h4-7,15-16,19-20H,8-14H2,1-3H3,(H2,27,28,29)/b5-4+. The largest absolute Gasteiger partial charge is 0.496 e. The van der Waals surface area contributed by atoms with Gasteiger partial charge in [-0.05, 0) is 51.3 Å². The molecule has 1 aliphatic heterocycles. The Hall–Kier alpha value is -3.46. The highest BCUT2D eigenvalue weighted by Crippen LogP contribution is 2.36. The zero-order chi connectivity index (χ0) is 24.5. The van der Waals surface area contributed by atoms with E-state index in [9.17, 15) is 4.79 Å². The van der Waals surface area contributed by atoms with E-state index in [0.29, 0.717) is 24.9 Å². The fraction of sp³-hybridized carbons (Fsp3) is 0.462. The van der Waals surface area contributed by atoms with Crippen molar-refractivity contribution in [1.29, 1.82) is 0 Å². The predicted molar refractivity (Wildman–Crippen MR) is 136 cm³/mol. The Bertz CT molecular complexity index is 1260. The van der Waals surface area contributed by atoms with E-state index in [2.05, 4.69) is 21.9 Å². The lowest BCUT2D eigenvalue weighted by molar-refractivity contribution is -0.127. The van der Waals surface area contributed by atoms with Crippen LogP contribution in [0.2, 0.25) is 0 Å². The molecule has 0 atom stereocenters. The average Bonchev–Trinajstić information content (AvgIpc) is 3.65. The molecule has 0 bridgehead atoms. The van der Waals surface area contributed by atoms with Gasteiger partial charge in [0.1, 0.15) is 23.6 Å². The molecule has 3 heterocycles. The second-order valence-electron chi connectivity index (χ2n) is 9.56. The zero-order valence-corrected chi connectivity index (χ0v) is 20.6. The van der Waals surface area contributed by atoms with Crippen LogP contribution in [0.4, 0.5) is 5.82 Å². The van der Waals surface area contributed by atoms with Crippen LogP contribution >= 0.6 is 0 Å². The van der Waals surface area contributed by atoms with Gasteiger partial charge in [-0.3, -0.25) is 9.69 Å². The Balaban J connectivity index is 1.34. The number of benzene rings is 1. The average molecular weight is 476 g/mol. The number of nitrogens with zero attached hydrogens (tertiary/aromatic N) is 6. The highest BCUT2D eigenvalue weighted by Gasteiger charge is 2.28. The predicted octanol–water partition coefficient (Wildman–Crippen LogP) is 3.21. The Labute approximate surface area is 205 Å². The van der Waals surface area contributed by atoms with Gasteiger partial charge in [-0.15, -0.1) is 0 Å². The number of likely N-dealkylation sites (N-methyl/N-ethyl adjacent to an activating group) is 1. The van der Waals surface area contributed by atoms with Crippen LogP contribution in [0.1, 0.15) is 37.3 Å². The van der Waals surface area contributed by atoms with Gasteiger partial charge in [0.05, 0.1) is 18.5 Å². The van der Waals surface area contributed by atoms with Crippen molar-refractivity contribution in [3.63, 3.8) is 0 Å². The Morgan fingerprint density at radius 2 is 2.00 bits per heavy atom. The first-order valence-electron chi connectivity index (χ1n) is 12.3. The van der Waals surface area contributed by atoms with E-state index in [-0.39, 0.29) is 11.9 Å². The number of fused-ring (bicyclic) bond motifs is 1. The van der Waals surface area contributed by atoms with Crippen molar-refractivity contribution in [3.05, 3.63) is 42.2 Å². The third-order valence-electron chi connectivity index (χ3n) is 7.15. The summed E-state index contributed by atoms with van der Waals surface area (Å²) in [6.07, 6.45) is 9.33. The summed E-state index contributed by atoms with van der Waals surface area (Å²) in [7, 11) is 3.78. The van der Waals surface area contributed by atoms with Crippen molar-refractivity contribution in [2.24, 2.45) is 0 Å². The minimum atomic E-state index is 0.0805. The molecule has 1 amide bonds. The number of aromatic nitrogens is 4. The molecule has 9 heteroatoms. The number of anilines is 1. The molecule has 184 valence electrons. The van der Waals surface area contributed by atoms with Crippen LogP contribution in [0.5, 0.6) is 5.75 Å². The van der Waals surface area contributed by atoms with E-state index in [1.165, 1.54) is 19.2 Å². The molecule has 2 fully saturated rings. The lowest BCUT2D eigenvalue weighted by Gasteiger charge is -2.31. The maximum Gasteiger partial charge on any atom is 0.246 e. The molecule has 1 aliphatic carbocycles. The molecular weight excluding hydrogens is 442 g/mol. The molecule has 3 aromatic rings. The SMILES string of the molecule is COc1cc(-c2nn(C3CCN(C(=O)/C=C/CN(C)C4CC4)CC3)c3ncnc(N)c23)ccc1C. The van der Waals surface area contributed by atoms with Gasteiger partial charge in [0.25, 0.3) is 0 Å². The summed E-state index contributed by atoms with van der Waals surface area (Å²) in [5.41, 5.74) is 9.72. The summed E-state index contributed by atoms with van der Waals surface area (Å²) in [5, 5.41) is 5.72. The van der Waals surface area contributed by atoms with Gasteiger partial charge in [0.2, 0.25) is 5.91 Å². The first kappa shape index (κ1) is 23.3. The lowest BCUT2D eigenvalue weighted by Crippen LogP contribution is -2.38. The van der Waals surface area contributed by atoms with E-state index in [1.54, 1.807) is 13.2 Å². The number of ether oxygens (including phenoxy) is 1. The van der Waals surface area contributed by atoms with Gasteiger partial charge in [0.15, 0.2) is 5.65 Å². The quantitative estimate of drug-likeness (QED) is 0.524. The number of piperidine rings is 1. The summed E-state index contributed by atoms with van der Waals surface area (Å²) in [6, 6.07) is 6.83. The number of aryl methyl sites for hydroxylation is 1. The van der Waals surface area contributed by atoms with Crippen molar-refractivity contribution in [3.8, 4) is 17.0 Å². The van der Waals surface area contributed by atoms with Gasteiger partial charge in [0, 0.05) is 37.3 Å². The molecule has 9 nitrogen and oxygen atoms in total. The van der Waals surface area contributed by atoms with Gasteiger partial charge >= 0.3 is 0 Å². The number of rotatable bonds is 7. The van der Waals surface area contributed by atoms with Crippen LogP contribution < -0.4 is 10.5 Å². The number of likely N-dealkylation sites (tertiary alicyclic amines) is 1. The molecule has 1 aromatic carbocycles. The molecule has 0 radical (unpaired) electrons. The fourth-order valence-electron chi connectivity index (χ4n) is 4.84. The summed E-state index contributed by atoms with van der Waals surface area (Å²) in [6.45, 7) is 4.19. The topological polar surface area (TPSA) is 102 Å². The summed E-state index contributed by atoms with van der Waals surface area (Å²) in [4.78, 5) is 25.7. The van der Waals surface area contributed by atoms with Crippen LogP contribution in [0.15, 0.2) is 36.7 Å². The summed E-state index contributed by atoms with van der Waals surface area (Å²) < 4.78 is 7.49. The zero-order valence-electron chi connectivity index (χ0n) is 20.6. The van der Waals surface area contributed by atoms with E-state index in [4.69, 9.17) is 15.6 Å². The number of nitrogen functional groups attached to an aromatic ring is 1. The molecule has 2 aliphatic rings. The van der Waals surface area contributed by atoms with Gasteiger partial charge in [-0.2, -0.15) is 5.10 Å². The van der Waals surface area contributed by atoms with Gasteiger partial charge in [-0.1, -0.05) is 18.2 Å². The number of hydrogen-bond acceptors (Lipinski definition) is 7. The fourth-order valence-corrected chi connectivity index (χ4v) is 4.84. The lowest BCUT2D eigenvalue weighted by atomic mass is 10.0. The van der Waals surface area contributed by atoms with Crippen molar-refractivity contribution in [1.82, 2.24) is 29.5 Å². The maximum absolute atomic E-state index is 12.7. The third kappa shape index (κ3) is 4.73. The number of amides is 1. The number of carbonyl (C=O) groups is 1. The molecular formula is C26H33N7O2. The van der Waals surface area contributed by atoms with Crippen LogP contribution in [-0.4, -0.2) is 75.3 Å². The van der Waals surface area contributed by atoms with Crippen LogP contribution in [0, 0.1) is 6.92 Å². The number of methoxy groups -OCH3 is 1. The first-order valence-corrected chi connectivity index (χ1v) is 12.3. The smallest absolute Gasteiger partial charge is 0.246 e. The molecule has 1 saturated carbocycles. The summed E-state index contributed by atoms with van der Waals surface area (Å²) >= 11 is 0. The normalized spacial score (nSPS) is 17.1. The van der Waals surface area contributed by atoms with Gasteiger partial charge < -0.3 is 15.4 Å². The third-order valence-corrected chi connectivity index (χ3v) is 7.15. The van der Waals surface area contributed by atoms with Crippen LogP contribution in [-0.2, 0) is 4.79 Å². The van der Waals surface area contributed by atoms with Crippen molar-refractivity contribution < 1.29 is 9.53 Å². The van der Waals surface area contributed by atoms with Gasteiger partial charge in [-0.25, -0.2) is 14.6 Å². The molecule has 2 aromatic heterocycles. The highest BCUT2D eigenvalue weighted by molar-refractivity contribution is 5.98. The second-order valence-corrected chi connectivity index (χ2v) is 9.56. The van der Waals surface area contributed by atoms with Crippen molar-refractivity contribution >= 4 is 22.8 Å². The number of hydrogen-bond donors (Lipinski definition) is 1. The summed E-state index contributed by atoms with van der Waals surface area (Å²) in [5.74, 6) is 1.28.